The summed E-state index contributed by atoms with van der Waals surface area (Å²) in [5.41, 5.74) is -3.31. The molecule has 1 saturated heterocycles. The molecule has 0 spiro atoms. The Morgan fingerprint density at radius 2 is 1.71 bits per heavy atom. The second kappa shape index (κ2) is 5.63. The van der Waals surface area contributed by atoms with E-state index in [-0.39, 0.29) is 25.1 Å². The van der Waals surface area contributed by atoms with Crippen molar-refractivity contribution in [2.75, 3.05) is 6.61 Å². The summed E-state index contributed by atoms with van der Waals surface area (Å²) in [6.45, 7) is -0.368. The molecule has 0 aliphatic carbocycles. The summed E-state index contributed by atoms with van der Waals surface area (Å²) in [5.74, 6) is 0. The zero-order valence-electron chi connectivity index (χ0n) is 10.0. The molecule has 0 unspecified atom stereocenters. The standard InChI is InChI=1S/C11H7F6NO2.ClH/c12-10(13,14)5-1-2-6(7(3-5)11(15,16)17)8-4-20-9(19)18-8;/h1-3,8H,4H2,(H,18,19);1H/t8-;/m0./s1. The van der Waals surface area contributed by atoms with Crippen molar-refractivity contribution in [1.29, 1.82) is 0 Å². The lowest BCUT2D eigenvalue weighted by atomic mass is 9.98. The van der Waals surface area contributed by atoms with E-state index in [0.717, 1.165) is 0 Å². The number of rotatable bonds is 1. The van der Waals surface area contributed by atoms with E-state index in [0.29, 0.717) is 12.1 Å². The Morgan fingerprint density at radius 1 is 1.10 bits per heavy atom. The molecule has 0 saturated carbocycles. The maximum Gasteiger partial charge on any atom is 0.416 e. The number of halogens is 7. The number of alkyl halides is 6. The van der Waals surface area contributed by atoms with Gasteiger partial charge in [-0.2, -0.15) is 26.3 Å². The Hall–Kier alpha value is -1.64. The van der Waals surface area contributed by atoms with Gasteiger partial charge in [-0.3, -0.25) is 0 Å². The van der Waals surface area contributed by atoms with Crippen LogP contribution in [0.25, 0.3) is 0 Å². The van der Waals surface area contributed by atoms with Crippen LogP contribution in [0.4, 0.5) is 31.1 Å². The van der Waals surface area contributed by atoms with E-state index in [1.165, 1.54) is 0 Å². The molecule has 1 heterocycles. The van der Waals surface area contributed by atoms with Gasteiger partial charge >= 0.3 is 18.4 Å². The number of hydrogen-bond acceptors (Lipinski definition) is 2. The molecule has 1 aliphatic rings. The summed E-state index contributed by atoms with van der Waals surface area (Å²) < 4.78 is 80.4. The highest BCUT2D eigenvalue weighted by molar-refractivity contribution is 5.85. The van der Waals surface area contributed by atoms with E-state index in [2.05, 4.69) is 10.1 Å². The first kappa shape index (κ1) is 17.4. The fraction of sp³-hybridized carbons (Fsp3) is 0.364. The Balaban J connectivity index is 0.00000220. The summed E-state index contributed by atoms with van der Waals surface area (Å²) in [7, 11) is 0. The second-order valence-electron chi connectivity index (χ2n) is 4.09. The van der Waals surface area contributed by atoms with Crippen molar-refractivity contribution < 1.29 is 35.9 Å². The van der Waals surface area contributed by atoms with Crippen LogP contribution < -0.4 is 5.32 Å². The molecule has 1 N–H and O–H groups in total. The second-order valence-corrected chi connectivity index (χ2v) is 4.09. The van der Waals surface area contributed by atoms with Crippen LogP contribution in [0, 0.1) is 0 Å². The molecule has 0 bridgehead atoms. The van der Waals surface area contributed by atoms with Crippen LogP contribution in [-0.2, 0) is 17.1 Å². The van der Waals surface area contributed by atoms with Gasteiger partial charge in [0.05, 0.1) is 17.2 Å². The molecule has 3 nitrogen and oxygen atoms in total. The number of hydrogen-bond donors (Lipinski definition) is 1. The van der Waals surface area contributed by atoms with Crippen LogP contribution in [0.3, 0.4) is 0 Å². The van der Waals surface area contributed by atoms with E-state index in [9.17, 15) is 31.1 Å². The lowest BCUT2D eigenvalue weighted by Crippen LogP contribution is -2.22. The average Bonchev–Trinajstić information content (AvgIpc) is 2.72. The lowest BCUT2D eigenvalue weighted by molar-refractivity contribution is -0.143. The molecule has 118 valence electrons. The minimum absolute atomic E-state index is 0. The number of nitrogens with one attached hydrogen (secondary N) is 1. The van der Waals surface area contributed by atoms with Gasteiger partial charge < -0.3 is 10.1 Å². The molecule has 1 aromatic carbocycles. The van der Waals surface area contributed by atoms with Crippen LogP contribution in [0.15, 0.2) is 18.2 Å². The molecule has 1 aromatic rings. The van der Waals surface area contributed by atoms with Gasteiger partial charge in [-0.05, 0) is 17.7 Å². The monoisotopic (exact) mass is 335 g/mol. The first-order chi connectivity index (χ1) is 9.09. The zero-order chi connectivity index (χ0) is 15.1. The SMILES string of the molecule is Cl.O=C1N[C@H](c2ccc(C(F)(F)F)cc2C(F)(F)F)CO1. The summed E-state index contributed by atoms with van der Waals surface area (Å²) in [6, 6.07) is 0.140. The first-order valence-electron chi connectivity index (χ1n) is 5.30. The van der Waals surface area contributed by atoms with Gasteiger partial charge in [-0.25, -0.2) is 4.79 Å². The Morgan fingerprint density at radius 3 is 2.14 bits per heavy atom. The summed E-state index contributed by atoms with van der Waals surface area (Å²) >= 11 is 0. The zero-order valence-corrected chi connectivity index (χ0v) is 10.8. The highest BCUT2D eigenvalue weighted by Gasteiger charge is 2.40. The predicted molar refractivity (Wildman–Crippen MR) is 60.9 cm³/mol. The molecule has 21 heavy (non-hydrogen) atoms. The molecule has 0 aromatic heterocycles. The minimum atomic E-state index is -4.97. The number of ether oxygens (including phenoxy) is 1. The molecular weight excluding hydrogens is 328 g/mol. The molecule has 1 fully saturated rings. The fourth-order valence-corrected chi connectivity index (χ4v) is 1.83. The molecule has 2 rings (SSSR count). The molecule has 1 atom stereocenters. The number of carbonyl (C=O) groups is 1. The quantitative estimate of drug-likeness (QED) is 0.790. The maximum atomic E-state index is 12.8. The smallest absolute Gasteiger partial charge is 0.416 e. The molecular formula is C11H8ClF6NO2. The topological polar surface area (TPSA) is 38.3 Å². The van der Waals surface area contributed by atoms with Crippen LogP contribution in [0.2, 0.25) is 0 Å². The molecule has 1 aliphatic heterocycles. The van der Waals surface area contributed by atoms with Crippen LogP contribution in [0.5, 0.6) is 0 Å². The van der Waals surface area contributed by atoms with Gasteiger partial charge in [0, 0.05) is 0 Å². The number of benzene rings is 1. The third kappa shape index (κ3) is 3.72. The van der Waals surface area contributed by atoms with E-state index in [1.54, 1.807) is 0 Å². The summed E-state index contributed by atoms with van der Waals surface area (Å²) in [5, 5.41) is 2.10. The van der Waals surface area contributed by atoms with Crippen LogP contribution in [-0.4, -0.2) is 12.7 Å². The average molecular weight is 336 g/mol. The van der Waals surface area contributed by atoms with Crippen molar-refractivity contribution >= 4 is 18.5 Å². The lowest BCUT2D eigenvalue weighted by Gasteiger charge is -2.18. The fourth-order valence-electron chi connectivity index (χ4n) is 1.83. The van der Waals surface area contributed by atoms with Crippen molar-refractivity contribution in [3.63, 3.8) is 0 Å². The number of amides is 1. The van der Waals surface area contributed by atoms with Crippen molar-refractivity contribution in [2.45, 2.75) is 18.4 Å². The van der Waals surface area contributed by atoms with E-state index < -0.39 is 41.2 Å². The Labute approximate surface area is 120 Å². The number of alkyl carbamates (subject to hydrolysis) is 1. The van der Waals surface area contributed by atoms with Crippen molar-refractivity contribution in [3.8, 4) is 0 Å². The van der Waals surface area contributed by atoms with E-state index in [4.69, 9.17) is 0 Å². The van der Waals surface area contributed by atoms with E-state index >= 15 is 0 Å². The van der Waals surface area contributed by atoms with Gasteiger partial charge in [0.25, 0.3) is 0 Å². The Bertz CT molecular complexity index is 542. The third-order valence-electron chi connectivity index (χ3n) is 2.73. The maximum absolute atomic E-state index is 12.8. The van der Waals surface area contributed by atoms with Crippen molar-refractivity contribution in [3.05, 3.63) is 34.9 Å². The highest BCUT2D eigenvalue weighted by Crippen LogP contribution is 2.39. The van der Waals surface area contributed by atoms with Gasteiger partial charge in [0.15, 0.2) is 0 Å². The normalized spacial score (nSPS) is 18.8. The van der Waals surface area contributed by atoms with Gasteiger partial charge in [-0.1, -0.05) is 6.07 Å². The molecule has 1 amide bonds. The Kier molecular flexibility index (Phi) is 4.66. The van der Waals surface area contributed by atoms with E-state index in [1.807, 2.05) is 0 Å². The predicted octanol–water partition coefficient (Wildman–Crippen LogP) is 3.93. The molecule has 10 heteroatoms. The van der Waals surface area contributed by atoms with Crippen LogP contribution in [0.1, 0.15) is 22.7 Å². The largest absolute Gasteiger partial charge is 0.447 e. The minimum Gasteiger partial charge on any atom is -0.447 e. The number of carbonyl (C=O) groups excluding carboxylic acids is 1. The van der Waals surface area contributed by atoms with Gasteiger partial charge in [0.2, 0.25) is 0 Å². The molecule has 0 radical (unpaired) electrons. The number of cyclic esters (lactones) is 1. The third-order valence-corrected chi connectivity index (χ3v) is 2.73. The first-order valence-corrected chi connectivity index (χ1v) is 5.30. The highest BCUT2D eigenvalue weighted by atomic mass is 35.5. The van der Waals surface area contributed by atoms with Crippen LogP contribution >= 0.6 is 12.4 Å². The van der Waals surface area contributed by atoms with Gasteiger partial charge in [0.1, 0.15) is 6.61 Å². The summed E-state index contributed by atoms with van der Waals surface area (Å²) in [4.78, 5) is 10.8. The summed E-state index contributed by atoms with van der Waals surface area (Å²) in [6.07, 6.45) is -10.8. The van der Waals surface area contributed by atoms with Gasteiger partial charge in [-0.15, -0.1) is 12.4 Å². The van der Waals surface area contributed by atoms with Crippen molar-refractivity contribution in [1.82, 2.24) is 5.32 Å². The van der Waals surface area contributed by atoms with Crippen molar-refractivity contribution in [2.24, 2.45) is 0 Å².